The minimum absolute atomic E-state index is 0. The quantitative estimate of drug-likeness (QED) is 0.790. The van der Waals surface area contributed by atoms with Gasteiger partial charge in [-0.05, 0) is 25.1 Å². The molecular weight excluding hydrogens is 253 g/mol. The van der Waals surface area contributed by atoms with Crippen LogP contribution in [0.2, 0.25) is 5.02 Å². The zero-order valence-electron chi connectivity index (χ0n) is 9.51. The van der Waals surface area contributed by atoms with Crippen molar-refractivity contribution in [2.45, 2.75) is 13.0 Å². The first kappa shape index (κ1) is 14.5. The number of benzene rings is 1. The van der Waals surface area contributed by atoms with Crippen LogP contribution in [0.1, 0.15) is 18.9 Å². The predicted octanol–water partition coefficient (Wildman–Crippen LogP) is 0.886. The number of halogens is 1. The first-order chi connectivity index (χ1) is 7.58. The van der Waals surface area contributed by atoms with Crippen LogP contribution in [0.3, 0.4) is 0 Å². The Hall–Kier alpha value is -0.590. The number of nitrogens with zero attached hydrogens (tertiary/aromatic N) is 2. The molecule has 1 radical (unpaired) electrons. The van der Waals surface area contributed by atoms with Gasteiger partial charge in [0.05, 0.1) is 5.69 Å². The fourth-order valence-corrected chi connectivity index (χ4v) is 1.50. The Kier molecular flexibility index (Phi) is 4.97. The van der Waals surface area contributed by atoms with Crippen LogP contribution in [0.5, 0.6) is 0 Å². The average molecular weight is 263 g/mol. The molecule has 17 heavy (non-hydrogen) atoms. The molecule has 0 saturated heterocycles. The maximum atomic E-state index is 11.5. The van der Waals surface area contributed by atoms with Crippen LogP contribution in [0.25, 0.3) is 5.69 Å². The first-order valence-corrected chi connectivity index (χ1v) is 5.09. The maximum absolute atomic E-state index is 11.5. The molecule has 0 aliphatic rings. The number of rotatable bonds is 2. The minimum atomic E-state index is -0.812. The van der Waals surface area contributed by atoms with Gasteiger partial charge in [0.1, 0.15) is 6.10 Å². The molecule has 1 aromatic carbocycles. The third kappa shape index (κ3) is 3.20. The van der Waals surface area contributed by atoms with Crippen molar-refractivity contribution in [3.05, 3.63) is 45.6 Å². The predicted molar refractivity (Wildman–Crippen MR) is 65.6 cm³/mol. The van der Waals surface area contributed by atoms with Crippen LogP contribution in [0, 0.1) is 0 Å². The van der Waals surface area contributed by atoms with E-state index in [-0.39, 0.29) is 35.4 Å². The first-order valence-electron chi connectivity index (χ1n) is 4.71. The van der Waals surface area contributed by atoms with E-state index in [1.807, 2.05) is 0 Å². The summed E-state index contributed by atoms with van der Waals surface area (Å²) in [5.74, 6) is 0.227. The Labute approximate surface area is 125 Å². The van der Waals surface area contributed by atoms with E-state index in [0.29, 0.717) is 10.7 Å². The second-order valence-corrected chi connectivity index (χ2v) is 3.82. The second-order valence-electron chi connectivity index (χ2n) is 3.38. The molecule has 7 heteroatoms. The van der Waals surface area contributed by atoms with E-state index in [1.54, 1.807) is 24.3 Å². The van der Waals surface area contributed by atoms with Crippen LogP contribution >= 0.6 is 11.6 Å². The minimum Gasteiger partial charge on any atom is -0.385 e. The normalized spacial score (nSPS) is 11.9. The Bertz CT molecular complexity index is 565. The van der Waals surface area contributed by atoms with Crippen LogP contribution in [0.4, 0.5) is 0 Å². The van der Waals surface area contributed by atoms with E-state index in [4.69, 9.17) is 11.6 Å². The van der Waals surface area contributed by atoms with Gasteiger partial charge >= 0.3 is 5.69 Å². The van der Waals surface area contributed by atoms with Crippen molar-refractivity contribution in [2.75, 3.05) is 0 Å². The van der Waals surface area contributed by atoms with Gasteiger partial charge in [-0.25, -0.2) is 4.79 Å². The van der Waals surface area contributed by atoms with Crippen LogP contribution in [-0.2, 0) is 0 Å². The van der Waals surface area contributed by atoms with Crippen molar-refractivity contribution in [2.24, 2.45) is 0 Å². The summed E-state index contributed by atoms with van der Waals surface area (Å²) >= 11 is 5.81. The van der Waals surface area contributed by atoms with Crippen molar-refractivity contribution in [3.63, 3.8) is 0 Å². The number of H-pyrrole nitrogens is 1. The summed E-state index contributed by atoms with van der Waals surface area (Å²) in [6, 6.07) is 6.76. The fourth-order valence-electron chi connectivity index (χ4n) is 1.31. The van der Waals surface area contributed by atoms with Crippen molar-refractivity contribution in [3.8, 4) is 5.69 Å². The molecule has 2 rings (SSSR count). The third-order valence-electron chi connectivity index (χ3n) is 2.08. The van der Waals surface area contributed by atoms with Crippen molar-refractivity contribution in [1.29, 1.82) is 0 Å². The SMILES string of the molecule is CC(O)c1nn(-c2cccc(Cl)c2)c(=O)[nH]1.[Na]. The van der Waals surface area contributed by atoms with Gasteiger partial charge in [0.2, 0.25) is 0 Å². The molecule has 0 amide bonds. The van der Waals surface area contributed by atoms with Crippen LogP contribution in [-0.4, -0.2) is 49.4 Å². The molecule has 1 heterocycles. The van der Waals surface area contributed by atoms with Gasteiger partial charge < -0.3 is 5.11 Å². The zero-order valence-corrected chi connectivity index (χ0v) is 12.3. The van der Waals surface area contributed by atoms with E-state index in [2.05, 4.69) is 10.1 Å². The van der Waals surface area contributed by atoms with Gasteiger partial charge in [-0.1, -0.05) is 17.7 Å². The molecule has 0 aliphatic heterocycles. The Morgan fingerprint density at radius 1 is 1.53 bits per heavy atom. The summed E-state index contributed by atoms with van der Waals surface area (Å²) < 4.78 is 1.16. The molecule has 1 aromatic heterocycles. The number of aliphatic hydroxyl groups is 1. The monoisotopic (exact) mass is 262 g/mol. The van der Waals surface area contributed by atoms with Gasteiger partial charge in [-0.3, -0.25) is 4.98 Å². The van der Waals surface area contributed by atoms with Gasteiger partial charge in [0.25, 0.3) is 0 Å². The summed E-state index contributed by atoms with van der Waals surface area (Å²) in [7, 11) is 0. The van der Waals surface area contributed by atoms with Crippen molar-refractivity contribution >= 4 is 41.2 Å². The number of aliphatic hydroxyl groups excluding tert-OH is 1. The summed E-state index contributed by atoms with van der Waals surface area (Å²) in [4.78, 5) is 14.0. The third-order valence-corrected chi connectivity index (χ3v) is 2.32. The number of hydrogen-bond acceptors (Lipinski definition) is 3. The fraction of sp³-hybridized carbons (Fsp3) is 0.200. The molecule has 0 fully saturated rings. The molecule has 85 valence electrons. The zero-order chi connectivity index (χ0) is 11.7. The maximum Gasteiger partial charge on any atom is 0.348 e. The van der Waals surface area contributed by atoms with Gasteiger partial charge in [0, 0.05) is 34.6 Å². The Balaban J connectivity index is 0.00000144. The number of aromatic amines is 1. The van der Waals surface area contributed by atoms with Gasteiger partial charge in [-0.2, -0.15) is 4.68 Å². The summed E-state index contributed by atoms with van der Waals surface area (Å²) in [6.45, 7) is 1.53. The Morgan fingerprint density at radius 2 is 2.24 bits per heavy atom. The molecule has 2 aromatic rings. The summed E-state index contributed by atoms with van der Waals surface area (Å²) in [5, 5.41) is 13.8. The summed E-state index contributed by atoms with van der Waals surface area (Å²) in [5.41, 5.74) is 0.152. The smallest absolute Gasteiger partial charge is 0.348 e. The molecular formula is C10H10ClN3NaO2. The average Bonchev–Trinajstić information content (AvgIpc) is 2.60. The van der Waals surface area contributed by atoms with Crippen LogP contribution < -0.4 is 5.69 Å². The number of nitrogens with one attached hydrogen (secondary N) is 1. The Morgan fingerprint density at radius 3 is 2.76 bits per heavy atom. The van der Waals surface area contributed by atoms with E-state index in [0.717, 1.165) is 4.68 Å². The standard InChI is InChI=1S/C10H10ClN3O2.Na/c1-6(15)9-12-10(16)14(13-9)8-4-2-3-7(11)5-8;/h2-6,15H,1H3,(H,12,13,16);. The van der Waals surface area contributed by atoms with E-state index in [9.17, 15) is 9.90 Å². The van der Waals surface area contributed by atoms with Crippen LogP contribution in [0.15, 0.2) is 29.1 Å². The molecule has 2 N–H and O–H groups in total. The molecule has 0 bridgehead atoms. The second kappa shape index (κ2) is 5.84. The molecule has 0 saturated carbocycles. The molecule has 1 atom stereocenters. The van der Waals surface area contributed by atoms with E-state index < -0.39 is 11.8 Å². The molecule has 0 spiro atoms. The molecule has 5 nitrogen and oxygen atoms in total. The number of hydrogen-bond donors (Lipinski definition) is 2. The topological polar surface area (TPSA) is 70.9 Å². The molecule has 1 unspecified atom stereocenters. The van der Waals surface area contributed by atoms with E-state index in [1.165, 1.54) is 6.92 Å². The number of aromatic nitrogens is 3. The van der Waals surface area contributed by atoms with Crippen molar-refractivity contribution < 1.29 is 5.11 Å². The van der Waals surface area contributed by atoms with E-state index >= 15 is 0 Å². The van der Waals surface area contributed by atoms with Gasteiger partial charge in [0.15, 0.2) is 5.82 Å². The van der Waals surface area contributed by atoms with Crippen molar-refractivity contribution in [1.82, 2.24) is 14.8 Å². The van der Waals surface area contributed by atoms with Gasteiger partial charge in [-0.15, -0.1) is 5.10 Å². The molecule has 0 aliphatic carbocycles. The summed E-state index contributed by atoms with van der Waals surface area (Å²) in [6.07, 6.45) is -0.812. The largest absolute Gasteiger partial charge is 0.385 e.